The van der Waals surface area contributed by atoms with Gasteiger partial charge in [-0.1, -0.05) is 22.0 Å². The van der Waals surface area contributed by atoms with Crippen molar-refractivity contribution >= 4 is 27.3 Å². The van der Waals surface area contributed by atoms with Crippen LogP contribution in [-0.4, -0.2) is 11.7 Å². The maximum atomic E-state index is 13.8. The molecule has 102 valence electrons. The third kappa shape index (κ3) is 3.02. The van der Waals surface area contributed by atoms with Gasteiger partial charge in [0.05, 0.1) is 11.7 Å². The van der Waals surface area contributed by atoms with E-state index in [1.54, 1.807) is 6.07 Å². The van der Waals surface area contributed by atoms with Crippen LogP contribution in [0.4, 0.5) is 8.78 Å². The van der Waals surface area contributed by atoms with E-state index in [9.17, 15) is 13.9 Å². The lowest BCUT2D eigenvalue weighted by molar-refractivity contribution is 0.139. The standard InChI is InChI=1S/C13H12BrF2NOS/c14-7-4-9(15)12(10(16)5-7)13(18)8(6-17)11-2-1-3-19-11/h1-5,8,13,18H,6,17H2. The van der Waals surface area contributed by atoms with Crippen molar-refractivity contribution in [1.29, 1.82) is 0 Å². The SMILES string of the molecule is NCC(c1cccs1)C(O)c1c(F)cc(Br)cc1F. The Morgan fingerprint density at radius 1 is 1.32 bits per heavy atom. The predicted molar refractivity (Wildman–Crippen MR) is 75.1 cm³/mol. The molecule has 0 amide bonds. The zero-order chi connectivity index (χ0) is 14.0. The van der Waals surface area contributed by atoms with Crippen LogP contribution in [0, 0.1) is 11.6 Å². The van der Waals surface area contributed by atoms with Crippen LogP contribution >= 0.6 is 27.3 Å². The van der Waals surface area contributed by atoms with Gasteiger partial charge in [-0.2, -0.15) is 0 Å². The van der Waals surface area contributed by atoms with Crippen LogP contribution in [0.15, 0.2) is 34.1 Å². The normalized spacial score (nSPS) is 14.4. The minimum Gasteiger partial charge on any atom is -0.387 e. The van der Waals surface area contributed by atoms with Gasteiger partial charge >= 0.3 is 0 Å². The van der Waals surface area contributed by atoms with Crippen molar-refractivity contribution in [2.75, 3.05) is 6.54 Å². The van der Waals surface area contributed by atoms with E-state index in [0.29, 0.717) is 4.47 Å². The zero-order valence-electron chi connectivity index (χ0n) is 9.82. The summed E-state index contributed by atoms with van der Waals surface area (Å²) in [5, 5.41) is 12.1. The van der Waals surface area contributed by atoms with Crippen LogP contribution in [0.1, 0.15) is 22.5 Å². The summed E-state index contributed by atoms with van der Waals surface area (Å²) in [4.78, 5) is 0.803. The molecule has 1 heterocycles. The minimum atomic E-state index is -1.31. The first-order chi connectivity index (χ1) is 9.04. The van der Waals surface area contributed by atoms with E-state index in [1.165, 1.54) is 11.3 Å². The first-order valence-electron chi connectivity index (χ1n) is 5.60. The Balaban J connectivity index is 2.41. The number of hydrogen-bond donors (Lipinski definition) is 2. The lowest BCUT2D eigenvalue weighted by Crippen LogP contribution is -2.21. The number of benzene rings is 1. The maximum absolute atomic E-state index is 13.8. The molecule has 0 aliphatic heterocycles. The van der Waals surface area contributed by atoms with E-state index >= 15 is 0 Å². The monoisotopic (exact) mass is 347 g/mol. The molecule has 1 aromatic carbocycles. The molecule has 2 rings (SSSR count). The van der Waals surface area contributed by atoms with E-state index < -0.39 is 23.7 Å². The van der Waals surface area contributed by atoms with Gasteiger partial charge in [-0.25, -0.2) is 8.78 Å². The molecule has 0 aliphatic rings. The van der Waals surface area contributed by atoms with Gasteiger partial charge in [0, 0.05) is 21.8 Å². The van der Waals surface area contributed by atoms with Crippen LogP contribution in [0.5, 0.6) is 0 Å². The average Bonchev–Trinajstić information content (AvgIpc) is 2.82. The molecule has 2 nitrogen and oxygen atoms in total. The Kier molecular flexibility index (Phi) is 4.67. The maximum Gasteiger partial charge on any atom is 0.133 e. The van der Waals surface area contributed by atoms with Crippen molar-refractivity contribution in [1.82, 2.24) is 0 Å². The van der Waals surface area contributed by atoms with Gasteiger partial charge < -0.3 is 10.8 Å². The Bertz CT molecular complexity index is 539. The van der Waals surface area contributed by atoms with Crippen LogP contribution in [0.2, 0.25) is 0 Å². The third-order valence-electron chi connectivity index (χ3n) is 2.88. The fourth-order valence-electron chi connectivity index (χ4n) is 1.94. The van der Waals surface area contributed by atoms with Crippen molar-refractivity contribution in [2.45, 2.75) is 12.0 Å². The second kappa shape index (κ2) is 6.09. The number of halogens is 3. The number of aliphatic hydroxyl groups is 1. The smallest absolute Gasteiger partial charge is 0.133 e. The number of nitrogens with two attached hydrogens (primary N) is 1. The highest BCUT2D eigenvalue weighted by molar-refractivity contribution is 9.10. The van der Waals surface area contributed by atoms with Crippen LogP contribution in [0.3, 0.4) is 0 Å². The van der Waals surface area contributed by atoms with E-state index in [4.69, 9.17) is 5.73 Å². The summed E-state index contributed by atoms with van der Waals surface area (Å²) >= 11 is 4.40. The van der Waals surface area contributed by atoms with Gasteiger partial charge in [0.1, 0.15) is 11.6 Å². The van der Waals surface area contributed by atoms with Crippen LogP contribution in [-0.2, 0) is 0 Å². The molecule has 0 fully saturated rings. The molecule has 0 spiro atoms. The van der Waals surface area contributed by atoms with E-state index in [1.807, 2.05) is 11.4 Å². The second-order valence-corrected chi connectivity index (χ2v) is 5.98. The molecule has 6 heteroatoms. The molecule has 19 heavy (non-hydrogen) atoms. The summed E-state index contributed by atoms with van der Waals surface area (Å²) in [5.74, 6) is -2.09. The first kappa shape index (κ1) is 14.6. The summed E-state index contributed by atoms with van der Waals surface area (Å²) in [5.41, 5.74) is 5.28. The fraction of sp³-hybridized carbons (Fsp3) is 0.231. The largest absolute Gasteiger partial charge is 0.387 e. The van der Waals surface area contributed by atoms with Crippen LogP contribution in [0.25, 0.3) is 0 Å². The second-order valence-electron chi connectivity index (χ2n) is 4.09. The van der Waals surface area contributed by atoms with Gasteiger partial charge in [-0.3, -0.25) is 0 Å². The number of hydrogen-bond acceptors (Lipinski definition) is 3. The summed E-state index contributed by atoms with van der Waals surface area (Å²) in [6.45, 7) is 0.108. The molecular formula is C13H12BrF2NOS. The molecule has 2 unspecified atom stereocenters. The van der Waals surface area contributed by atoms with Crippen molar-refractivity contribution < 1.29 is 13.9 Å². The fourth-order valence-corrected chi connectivity index (χ4v) is 3.21. The molecule has 0 radical (unpaired) electrons. The number of aliphatic hydroxyl groups excluding tert-OH is 1. The van der Waals surface area contributed by atoms with Gasteiger partial charge in [-0.15, -0.1) is 11.3 Å². The zero-order valence-corrected chi connectivity index (χ0v) is 12.2. The quantitative estimate of drug-likeness (QED) is 0.888. The van der Waals surface area contributed by atoms with Gasteiger partial charge in [0.15, 0.2) is 0 Å². The van der Waals surface area contributed by atoms with Crippen molar-refractivity contribution in [3.05, 3.63) is 56.2 Å². The van der Waals surface area contributed by atoms with Crippen molar-refractivity contribution in [3.63, 3.8) is 0 Å². The highest BCUT2D eigenvalue weighted by atomic mass is 79.9. The lowest BCUT2D eigenvalue weighted by Gasteiger charge is -2.21. The van der Waals surface area contributed by atoms with Crippen LogP contribution < -0.4 is 5.73 Å². The van der Waals surface area contributed by atoms with Gasteiger partial charge in [0.25, 0.3) is 0 Å². The third-order valence-corrected chi connectivity index (χ3v) is 4.35. The summed E-state index contributed by atoms with van der Waals surface area (Å²) < 4.78 is 28.0. The minimum absolute atomic E-state index is 0.108. The Morgan fingerprint density at radius 3 is 2.42 bits per heavy atom. The van der Waals surface area contributed by atoms with E-state index in [0.717, 1.165) is 17.0 Å². The first-order valence-corrected chi connectivity index (χ1v) is 7.27. The lowest BCUT2D eigenvalue weighted by atomic mass is 9.93. The van der Waals surface area contributed by atoms with E-state index in [-0.39, 0.29) is 12.1 Å². The average molecular weight is 348 g/mol. The van der Waals surface area contributed by atoms with Crippen molar-refractivity contribution in [3.8, 4) is 0 Å². The Morgan fingerprint density at radius 2 is 1.95 bits per heavy atom. The van der Waals surface area contributed by atoms with Crippen molar-refractivity contribution in [2.24, 2.45) is 5.73 Å². The molecule has 0 saturated carbocycles. The highest BCUT2D eigenvalue weighted by Crippen LogP contribution is 2.36. The Hall–Kier alpha value is -0.820. The Labute approximate surface area is 122 Å². The molecule has 0 saturated heterocycles. The molecule has 3 N–H and O–H groups in total. The summed E-state index contributed by atoms with van der Waals surface area (Å²) in [6, 6.07) is 5.86. The number of thiophene rings is 1. The molecule has 2 aromatic rings. The highest BCUT2D eigenvalue weighted by Gasteiger charge is 2.28. The number of rotatable bonds is 4. The summed E-state index contributed by atoms with van der Waals surface area (Å²) in [7, 11) is 0. The molecule has 1 aromatic heterocycles. The molecule has 0 aliphatic carbocycles. The topological polar surface area (TPSA) is 46.2 Å². The molecule has 2 atom stereocenters. The van der Waals surface area contributed by atoms with Gasteiger partial charge in [-0.05, 0) is 23.6 Å². The predicted octanol–water partition coefficient (Wildman–Crippen LogP) is 3.56. The van der Waals surface area contributed by atoms with Gasteiger partial charge in [0.2, 0.25) is 0 Å². The molecular weight excluding hydrogens is 336 g/mol. The summed E-state index contributed by atoms with van der Waals surface area (Å²) in [6.07, 6.45) is -1.31. The van der Waals surface area contributed by atoms with E-state index in [2.05, 4.69) is 15.9 Å². The molecule has 0 bridgehead atoms.